The van der Waals surface area contributed by atoms with Gasteiger partial charge in [-0.25, -0.2) is 0 Å². The van der Waals surface area contributed by atoms with Gasteiger partial charge in [0, 0.05) is 10.7 Å². The molecule has 1 rings (SSSR count). The van der Waals surface area contributed by atoms with Crippen molar-refractivity contribution in [1.82, 2.24) is 0 Å². The van der Waals surface area contributed by atoms with E-state index >= 15 is 0 Å². The molecule has 0 bridgehead atoms. The monoisotopic (exact) mass is 348 g/mol. The van der Waals surface area contributed by atoms with Crippen molar-refractivity contribution in [2.45, 2.75) is 18.9 Å². The summed E-state index contributed by atoms with van der Waals surface area (Å²) >= 11 is 6.67. The van der Waals surface area contributed by atoms with E-state index in [4.69, 9.17) is 4.74 Å². The van der Waals surface area contributed by atoms with Crippen LogP contribution in [0.2, 0.25) is 0 Å². The minimum absolute atomic E-state index is 0.0458. The van der Waals surface area contributed by atoms with E-state index < -0.39 is 0 Å². The summed E-state index contributed by atoms with van der Waals surface area (Å²) in [5.41, 5.74) is 0.986. The molecule has 0 aromatic heterocycles. The molecule has 0 saturated heterocycles. The summed E-state index contributed by atoms with van der Waals surface area (Å²) in [6.45, 7) is 0. The van der Waals surface area contributed by atoms with Crippen LogP contribution in [0.3, 0.4) is 0 Å². The van der Waals surface area contributed by atoms with Crippen LogP contribution in [-0.4, -0.2) is 22.7 Å². The molecule has 0 radical (unpaired) electrons. The Morgan fingerprint density at radius 2 is 1.94 bits per heavy atom. The van der Waals surface area contributed by atoms with Crippen LogP contribution in [0.1, 0.15) is 12.0 Å². The Hall–Kier alpha value is -0.350. The third kappa shape index (κ3) is 5.12. The largest absolute Gasteiger partial charge is 0.461 e. The van der Waals surface area contributed by atoms with E-state index in [1.54, 1.807) is 0 Å². The Morgan fingerprint density at radius 3 is 2.50 bits per heavy atom. The lowest BCUT2D eigenvalue weighted by Crippen LogP contribution is -2.21. The van der Waals surface area contributed by atoms with Crippen LogP contribution in [-0.2, 0) is 16.0 Å². The van der Waals surface area contributed by atoms with Crippen LogP contribution in [0.15, 0.2) is 30.3 Å². The molecule has 1 atom stereocenters. The van der Waals surface area contributed by atoms with Gasteiger partial charge in [-0.2, -0.15) is 0 Å². The summed E-state index contributed by atoms with van der Waals surface area (Å²) in [5.74, 6) is -0.170. The van der Waals surface area contributed by atoms with E-state index in [0.29, 0.717) is 11.8 Å². The third-order valence-corrected chi connectivity index (χ3v) is 3.27. The number of alkyl halides is 2. The smallest absolute Gasteiger partial charge is 0.310 e. The Kier molecular flexibility index (Phi) is 6.73. The van der Waals surface area contributed by atoms with Crippen LogP contribution in [0.25, 0.3) is 0 Å². The zero-order chi connectivity index (χ0) is 11.8. The lowest BCUT2D eigenvalue weighted by molar-refractivity contribution is -0.147. The molecule has 0 heterocycles. The number of hydrogen-bond donors (Lipinski definition) is 0. The van der Waals surface area contributed by atoms with Crippen LogP contribution < -0.4 is 0 Å². The molecule has 1 unspecified atom stereocenters. The molecule has 0 aliphatic rings. The number of carbonyl (C=O) groups excluding carboxylic acids is 1. The summed E-state index contributed by atoms with van der Waals surface area (Å²) in [4.78, 5) is 11.6. The number of halogens is 2. The average molecular weight is 350 g/mol. The van der Waals surface area contributed by atoms with Crippen LogP contribution in [0.5, 0.6) is 0 Å². The zero-order valence-electron chi connectivity index (χ0n) is 8.86. The van der Waals surface area contributed by atoms with Crippen molar-refractivity contribution in [3.63, 3.8) is 0 Å². The van der Waals surface area contributed by atoms with Gasteiger partial charge in [0.1, 0.15) is 6.10 Å². The quantitative estimate of drug-likeness (QED) is 0.581. The molecule has 88 valence electrons. The minimum atomic E-state index is -0.170. The molecule has 16 heavy (non-hydrogen) atoms. The fourth-order valence-electron chi connectivity index (χ4n) is 1.28. The molecule has 0 amide bonds. The van der Waals surface area contributed by atoms with E-state index in [-0.39, 0.29) is 12.1 Å². The SMILES string of the molecule is O=C(Cc1ccccc1)OC(CBr)CCBr. The highest BCUT2D eigenvalue weighted by Crippen LogP contribution is 2.08. The van der Waals surface area contributed by atoms with Gasteiger partial charge in [-0.1, -0.05) is 62.2 Å². The van der Waals surface area contributed by atoms with E-state index in [1.807, 2.05) is 30.3 Å². The minimum Gasteiger partial charge on any atom is -0.461 e. The van der Waals surface area contributed by atoms with Crippen molar-refractivity contribution >= 4 is 37.8 Å². The van der Waals surface area contributed by atoms with Gasteiger partial charge in [0.2, 0.25) is 0 Å². The fraction of sp³-hybridized carbons (Fsp3) is 0.417. The van der Waals surface area contributed by atoms with Gasteiger partial charge < -0.3 is 4.74 Å². The third-order valence-electron chi connectivity index (χ3n) is 2.09. The Morgan fingerprint density at radius 1 is 1.25 bits per heavy atom. The highest BCUT2D eigenvalue weighted by atomic mass is 79.9. The normalized spacial score (nSPS) is 12.1. The number of hydrogen-bond acceptors (Lipinski definition) is 2. The Labute approximate surface area is 113 Å². The number of rotatable bonds is 6. The van der Waals surface area contributed by atoms with Crippen LogP contribution in [0.4, 0.5) is 0 Å². The van der Waals surface area contributed by atoms with E-state index in [1.165, 1.54) is 0 Å². The molecule has 0 aliphatic carbocycles. The van der Waals surface area contributed by atoms with Gasteiger partial charge >= 0.3 is 5.97 Å². The Balaban J connectivity index is 2.41. The predicted molar refractivity (Wildman–Crippen MR) is 72.2 cm³/mol. The summed E-state index contributed by atoms with van der Waals surface area (Å²) in [5, 5.41) is 1.51. The molecule has 1 aromatic rings. The van der Waals surface area contributed by atoms with Gasteiger partial charge in [-0.15, -0.1) is 0 Å². The molecule has 0 fully saturated rings. The number of benzene rings is 1. The van der Waals surface area contributed by atoms with Gasteiger partial charge in [-0.3, -0.25) is 4.79 Å². The molecule has 0 saturated carbocycles. The maximum absolute atomic E-state index is 11.6. The van der Waals surface area contributed by atoms with Crippen molar-refractivity contribution < 1.29 is 9.53 Å². The van der Waals surface area contributed by atoms with Crippen molar-refractivity contribution in [3.8, 4) is 0 Å². The highest BCUT2D eigenvalue weighted by molar-refractivity contribution is 9.09. The van der Waals surface area contributed by atoms with E-state index in [0.717, 1.165) is 17.3 Å². The van der Waals surface area contributed by atoms with Gasteiger partial charge in [0.25, 0.3) is 0 Å². The molecule has 4 heteroatoms. The molecule has 0 spiro atoms. The number of carbonyl (C=O) groups is 1. The Bertz CT molecular complexity index is 314. The lowest BCUT2D eigenvalue weighted by atomic mass is 10.1. The molecule has 0 aliphatic heterocycles. The van der Waals surface area contributed by atoms with Gasteiger partial charge in [0.15, 0.2) is 0 Å². The zero-order valence-corrected chi connectivity index (χ0v) is 12.0. The number of esters is 1. The second-order valence-electron chi connectivity index (χ2n) is 3.41. The molecule has 1 aromatic carbocycles. The molecular formula is C12H14Br2O2. The van der Waals surface area contributed by atoms with E-state index in [2.05, 4.69) is 31.9 Å². The lowest BCUT2D eigenvalue weighted by Gasteiger charge is -2.14. The first-order valence-electron chi connectivity index (χ1n) is 5.11. The standard InChI is InChI=1S/C12H14Br2O2/c13-7-6-11(9-14)16-12(15)8-10-4-2-1-3-5-10/h1-5,11H,6-9H2. The molecule has 2 nitrogen and oxygen atoms in total. The first-order valence-corrected chi connectivity index (χ1v) is 7.36. The van der Waals surface area contributed by atoms with Crippen LogP contribution >= 0.6 is 31.9 Å². The fourth-order valence-corrected chi connectivity index (χ4v) is 2.25. The van der Waals surface area contributed by atoms with Crippen molar-refractivity contribution in [3.05, 3.63) is 35.9 Å². The summed E-state index contributed by atoms with van der Waals surface area (Å²) in [6, 6.07) is 9.62. The average Bonchev–Trinajstić information content (AvgIpc) is 2.29. The summed E-state index contributed by atoms with van der Waals surface area (Å²) in [7, 11) is 0. The number of ether oxygens (including phenoxy) is 1. The topological polar surface area (TPSA) is 26.3 Å². The van der Waals surface area contributed by atoms with Crippen molar-refractivity contribution in [2.75, 3.05) is 10.7 Å². The molecule has 0 N–H and O–H groups in total. The highest BCUT2D eigenvalue weighted by Gasteiger charge is 2.12. The van der Waals surface area contributed by atoms with Gasteiger partial charge in [-0.05, 0) is 12.0 Å². The van der Waals surface area contributed by atoms with Crippen molar-refractivity contribution in [2.24, 2.45) is 0 Å². The summed E-state index contributed by atoms with van der Waals surface area (Å²) < 4.78 is 5.33. The first-order chi connectivity index (χ1) is 7.76. The van der Waals surface area contributed by atoms with Crippen LogP contribution in [0, 0.1) is 0 Å². The van der Waals surface area contributed by atoms with Gasteiger partial charge in [0.05, 0.1) is 6.42 Å². The predicted octanol–water partition coefficient (Wildman–Crippen LogP) is 3.32. The second kappa shape index (κ2) is 7.85. The summed E-state index contributed by atoms with van der Waals surface area (Å²) in [6.07, 6.45) is 1.12. The van der Waals surface area contributed by atoms with Crippen molar-refractivity contribution in [1.29, 1.82) is 0 Å². The first kappa shape index (κ1) is 13.7. The maximum atomic E-state index is 11.6. The van der Waals surface area contributed by atoms with E-state index in [9.17, 15) is 4.79 Å². The molecular weight excluding hydrogens is 336 g/mol. The maximum Gasteiger partial charge on any atom is 0.310 e. The second-order valence-corrected chi connectivity index (χ2v) is 4.85.